The van der Waals surface area contributed by atoms with Crippen molar-refractivity contribution in [3.05, 3.63) is 66.2 Å². The van der Waals surface area contributed by atoms with E-state index < -0.39 is 10.0 Å². The van der Waals surface area contributed by atoms with Crippen LogP contribution in [0.25, 0.3) is 22.0 Å². The van der Waals surface area contributed by atoms with Crippen molar-refractivity contribution in [2.24, 2.45) is 0 Å². The highest BCUT2D eigenvalue weighted by Crippen LogP contribution is 2.29. The predicted molar refractivity (Wildman–Crippen MR) is 133 cm³/mol. The number of carbonyl (C=O) groups is 1. The molecular formula is C24H23N7O3S. The van der Waals surface area contributed by atoms with E-state index in [0.29, 0.717) is 43.9 Å². The average molecular weight is 490 g/mol. The third-order valence-corrected chi connectivity index (χ3v) is 7.85. The normalized spacial score (nSPS) is 17.1. The lowest BCUT2D eigenvalue weighted by Crippen LogP contribution is -2.49. The molecule has 0 saturated carbocycles. The van der Waals surface area contributed by atoms with Gasteiger partial charge in [0, 0.05) is 48.9 Å². The zero-order chi connectivity index (χ0) is 24.0. The largest absolute Gasteiger partial charge is 0.352 e. The van der Waals surface area contributed by atoms with Gasteiger partial charge in [0.15, 0.2) is 0 Å². The number of sulfonamides is 1. The number of amides is 1. The fraction of sp³-hybridized carbons (Fsp3) is 0.250. The molecule has 6 rings (SSSR count). The van der Waals surface area contributed by atoms with Crippen LogP contribution in [0.3, 0.4) is 0 Å². The van der Waals surface area contributed by atoms with Crippen LogP contribution < -0.4 is 9.62 Å². The third-order valence-electron chi connectivity index (χ3n) is 6.57. The highest BCUT2D eigenvalue weighted by Gasteiger charge is 2.26. The van der Waals surface area contributed by atoms with Gasteiger partial charge in [-0.1, -0.05) is 12.1 Å². The molecule has 10 nitrogen and oxygen atoms in total. The number of rotatable bonds is 3. The van der Waals surface area contributed by atoms with Gasteiger partial charge in [-0.15, -0.1) is 0 Å². The Morgan fingerprint density at radius 2 is 1.83 bits per heavy atom. The molecule has 2 N–H and O–H groups in total. The second kappa shape index (κ2) is 8.35. The smallest absolute Gasteiger partial charge is 0.254 e. The molecule has 0 unspecified atom stereocenters. The first-order chi connectivity index (χ1) is 17.0. The second-order valence-corrected chi connectivity index (χ2v) is 10.6. The molecule has 0 aliphatic carbocycles. The van der Waals surface area contributed by atoms with Crippen LogP contribution in [0.5, 0.6) is 0 Å². The molecule has 2 aliphatic heterocycles. The van der Waals surface area contributed by atoms with Crippen molar-refractivity contribution in [2.75, 3.05) is 41.6 Å². The molecule has 11 heteroatoms. The molecule has 35 heavy (non-hydrogen) atoms. The van der Waals surface area contributed by atoms with E-state index in [-0.39, 0.29) is 11.7 Å². The summed E-state index contributed by atoms with van der Waals surface area (Å²) in [5.74, 6) is 0.805. The van der Waals surface area contributed by atoms with Crippen molar-refractivity contribution in [3.63, 3.8) is 0 Å². The van der Waals surface area contributed by atoms with Gasteiger partial charge in [-0.2, -0.15) is 5.10 Å². The van der Waals surface area contributed by atoms with Gasteiger partial charge in [-0.05, 0) is 41.8 Å². The Hall–Kier alpha value is -3.99. The fourth-order valence-corrected chi connectivity index (χ4v) is 5.79. The summed E-state index contributed by atoms with van der Waals surface area (Å²) in [5, 5.41) is 7.83. The van der Waals surface area contributed by atoms with Gasteiger partial charge < -0.3 is 9.80 Å². The summed E-state index contributed by atoms with van der Waals surface area (Å²) in [6.45, 7) is 2.33. The van der Waals surface area contributed by atoms with E-state index in [1.165, 1.54) is 0 Å². The topological polar surface area (TPSA) is 124 Å². The van der Waals surface area contributed by atoms with E-state index in [2.05, 4.69) is 35.9 Å². The lowest BCUT2D eigenvalue weighted by Gasteiger charge is -2.36. The molecule has 2 aliphatic rings. The number of carbonyl (C=O) groups excluding carboxylic acids is 1. The minimum Gasteiger partial charge on any atom is -0.352 e. The Bertz CT molecular complexity index is 1530. The summed E-state index contributed by atoms with van der Waals surface area (Å²) in [6.07, 6.45) is 5.65. The summed E-state index contributed by atoms with van der Waals surface area (Å²) in [5.41, 5.74) is 4.77. The first kappa shape index (κ1) is 21.5. The van der Waals surface area contributed by atoms with Crippen LogP contribution in [-0.2, 0) is 16.4 Å². The molecule has 4 aromatic rings. The number of hydrogen-bond donors (Lipinski definition) is 2. The van der Waals surface area contributed by atoms with Gasteiger partial charge >= 0.3 is 0 Å². The van der Waals surface area contributed by atoms with Gasteiger partial charge in [-0.3, -0.25) is 14.6 Å². The summed E-state index contributed by atoms with van der Waals surface area (Å²) in [7, 11) is -3.34. The molecule has 2 aromatic heterocycles. The van der Waals surface area contributed by atoms with Crippen LogP contribution in [0.2, 0.25) is 0 Å². The van der Waals surface area contributed by atoms with Crippen LogP contribution in [0, 0.1) is 0 Å². The van der Waals surface area contributed by atoms with Crippen molar-refractivity contribution >= 4 is 38.3 Å². The Morgan fingerprint density at radius 3 is 2.63 bits per heavy atom. The Morgan fingerprint density at radius 1 is 0.971 bits per heavy atom. The number of H-pyrrole nitrogens is 1. The van der Waals surface area contributed by atoms with Gasteiger partial charge in [0.05, 0.1) is 23.2 Å². The maximum Gasteiger partial charge on any atom is 0.254 e. The molecule has 178 valence electrons. The number of aryl methyl sites for hydroxylation is 1. The number of aromatic amines is 1. The molecule has 1 fully saturated rings. The summed E-state index contributed by atoms with van der Waals surface area (Å²) in [6, 6.07) is 11.3. The standard InChI is InChI=1S/C24H23N7O3S/c32-24(18-2-1-16-5-10-35(33,34)29-22(16)12-18)31-8-6-30(7-9-31)23-20-11-17(19-13-27-28-14-19)3-4-21(20)25-15-26-23/h1-4,11-15,29H,5-10H2,(H,27,28). The van der Waals surface area contributed by atoms with E-state index in [1.54, 1.807) is 29.6 Å². The molecule has 0 radical (unpaired) electrons. The van der Waals surface area contributed by atoms with Crippen molar-refractivity contribution in [1.82, 2.24) is 25.1 Å². The van der Waals surface area contributed by atoms with E-state index in [0.717, 1.165) is 33.4 Å². The van der Waals surface area contributed by atoms with Gasteiger partial charge in [-0.25, -0.2) is 18.4 Å². The molecule has 0 bridgehead atoms. The lowest BCUT2D eigenvalue weighted by molar-refractivity contribution is 0.0746. The quantitative estimate of drug-likeness (QED) is 0.452. The first-order valence-corrected chi connectivity index (χ1v) is 13.0. The third kappa shape index (κ3) is 4.08. The molecule has 1 amide bonds. The van der Waals surface area contributed by atoms with Crippen molar-refractivity contribution in [1.29, 1.82) is 0 Å². The minimum absolute atomic E-state index is 0.0660. The molecule has 1 saturated heterocycles. The number of nitrogens with one attached hydrogen (secondary N) is 2. The van der Waals surface area contributed by atoms with Crippen molar-refractivity contribution in [2.45, 2.75) is 6.42 Å². The number of fused-ring (bicyclic) bond motifs is 2. The molecule has 0 atom stereocenters. The summed E-state index contributed by atoms with van der Waals surface area (Å²) in [4.78, 5) is 26.1. The van der Waals surface area contributed by atoms with E-state index in [9.17, 15) is 13.2 Å². The van der Waals surface area contributed by atoms with E-state index >= 15 is 0 Å². The number of benzene rings is 2. The Kier molecular flexibility index (Phi) is 5.14. The number of hydrogen-bond acceptors (Lipinski definition) is 7. The van der Waals surface area contributed by atoms with Gasteiger partial charge in [0.2, 0.25) is 10.0 Å². The minimum atomic E-state index is -3.34. The highest BCUT2D eigenvalue weighted by molar-refractivity contribution is 7.92. The number of piperazine rings is 1. The fourth-order valence-electron chi connectivity index (χ4n) is 4.67. The van der Waals surface area contributed by atoms with E-state index in [4.69, 9.17) is 0 Å². The number of nitrogens with zero attached hydrogens (tertiary/aromatic N) is 5. The van der Waals surface area contributed by atoms with Gasteiger partial charge in [0.25, 0.3) is 5.91 Å². The van der Waals surface area contributed by atoms with Crippen LogP contribution in [0.15, 0.2) is 55.1 Å². The second-order valence-electron chi connectivity index (χ2n) is 8.74. The summed E-state index contributed by atoms with van der Waals surface area (Å²) < 4.78 is 26.4. The zero-order valence-corrected chi connectivity index (χ0v) is 19.6. The van der Waals surface area contributed by atoms with Crippen molar-refractivity contribution in [3.8, 4) is 11.1 Å². The van der Waals surface area contributed by atoms with Crippen LogP contribution in [0.4, 0.5) is 11.5 Å². The van der Waals surface area contributed by atoms with Gasteiger partial charge in [0.1, 0.15) is 12.1 Å². The predicted octanol–water partition coefficient (Wildman–Crippen LogP) is 2.28. The van der Waals surface area contributed by atoms with E-state index in [1.807, 2.05) is 24.4 Å². The molecule has 2 aromatic carbocycles. The first-order valence-electron chi connectivity index (χ1n) is 11.4. The lowest BCUT2D eigenvalue weighted by atomic mass is 10.1. The van der Waals surface area contributed by atoms with Crippen LogP contribution in [-0.4, -0.2) is 71.3 Å². The van der Waals surface area contributed by atoms with Crippen LogP contribution in [0.1, 0.15) is 15.9 Å². The van der Waals surface area contributed by atoms with Crippen LogP contribution >= 0.6 is 0 Å². The molecule has 4 heterocycles. The zero-order valence-electron chi connectivity index (χ0n) is 18.8. The SMILES string of the molecule is O=C(c1ccc2c(c1)NS(=O)(=O)CC2)N1CCN(c2ncnc3ccc(-c4cn[nH]c4)cc23)CC1. The number of anilines is 2. The maximum absolute atomic E-state index is 13.2. The average Bonchev–Trinajstić information content (AvgIpc) is 3.42. The van der Waals surface area contributed by atoms with Crippen molar-refractivity contribution < 1.29 is 13.2 Å². The Labute approximate surface area is 202 Å². The highest BCUT2D eigenvalue weighted by atomic mass is 32.2. The molecule has 0 spiro atoms. The monoisotopic (exact) mass is 489 g/mol. The summed E-state index contributed by atoms with van der Waals surface area (Å²) >= 11 is 0. The Balaban J connectivity index is 1.21. The number of aromatic nitrogens is 4. The molecular weight excluding hydrogens is 466 g/mol. The maximum atomic E-state index is 13.2.